The van der Waals surface area contributed by atoms with E-state index in [0.29, 0.717) is 12.8 Å². The molecule has 0 saturated heterocycles. The molecule has 3 aromatic rings. The van der Waals surface area contributed by atoms with E-state index < -0.39 is 6.04 Å². The van der Waals surface area contributed by atoms with E-state index in [9.17, 15) is 4.79 Å². The average molecular weight is 418 g/mol. The van der Waals surface area contributed by atoms with Crippen molar-refractivity contribution in [2.45, 2.75) is 25.8 Å². The first-order valence-electron chi connectivity index (χ1n) is 8.69. The molecular weight excluding hydrogens is 393 g/mol. The van der Waals surface area contributed by atoms with Crippen molar-refractivity contribution in [1.29, 1.82) is 0 Å². The lowest BCUT2D eigenvalue weighted by Gasteiger charge is -2.09. The minimum absolute atomic E-state index is 0. The summed E-state index contributed by atoms with van der Waals surface area (Å²) in [5.41, 5.74) is 11.4. The van der Waals surface area contributed by atoms with Gasteiger partial charge in [0.2, 0.25) is 0 Å². The standard InChI is InChI=1S/C22H23N3O.2ClH/c1-16-2-4-17(5-3-16)6-7-18-8-10-19(11-9-18)12-22(26)21(23)13-20-14-24-15-25-20;;/h2-11,14-15,21H,12-13,23H2,1H3,(H,24,25);2*1H/b7-6+;;/t21-;;/m0../s1. The van der Waals surface area contributed by atoms with Crippen molar-refractivity contribution >= 4 is 42.7 Å². The van der Waals surface area contributed by atoms with Crippen LogP contribution >= 0.6 is 24.8 Å². The molecule has 28 heavy (non-hydrogen) atoms. The first kappa shape index (κ1) is 23.6. The van der Waals surface area contributed by atoms with Gasteiger partial charge in [-0.05, 0) is 23.6 Å². The highest BCUT2D eigenvalue weighted by Gasteiger charge is 2.15. The molecule has 0 saturated carbocycles. The molecular formula is C22H25Cl2N3O. The smallest absolute Gasteiger partial charge is 0.154 e. The van der Waals surface area contributed by atoms with E-state index in [1.807, 2.05) is 24.3 Å². The van der Waals surface area contributed by atoms with Crippen molar-refractivity contribution in [3.05, 3.63) is 89.0 Å². The van der Waals surface area contributed by atoms with E-state index in [2.05, 4.69) is 53.3 Å². The highest BCUT2D eigenvalue weighted by molar-refractivity contribution is 5.86. The third-order valence-electron chi connectivity index (χ3n) is 4.31. The molecule has 1 aromatic heterocycles. The van der Waals surface area contributed by atoms with Crippen LogP contribution in [0.3, 0.4) is 0 Å². The molecule has 4 nitrogen and oxygen atoms in total. The zero-order chi connectivity index (χ0) is 18.4. The number of carbonyl (C=O) groups excluding carboxylic acids is 1. The lowest BCUT2D eigenvalue weighted by molar-refractivity contribution is -0.119. The molecule has 0 amide bonds. The Labute approximate surface area is 178 Å². The van der Waals surface area contributed by atoms with Crippen molar-refractivity contribution in [2.75, 3.05) is 0 Å². The van der Waals surface area contributed by atoms with Crippen LogP contribution in [-0.4, -0.2) is 21.8 Å². The van der Waals surface area contributed by atoms with Crippen molar-refractivity contribution in [1.82, 2.24) is 9.97 Å². The molecule has 0 spiro atoms. The second-order valence-electron chi connectivity index (χ2n) is 6.52. The number of nitrogens with one attached hydrogen (secondary N) is 1. The summed E-state index contributed by atoms with van der Waals surface area (Å²) in [6.45, 7) is 2.08. The van der Waals surface area contributed by atoms with Crippen LogP contribution < -0.4 is 5.73 Å². The molecule has 3 rings (SSSR count). The number of carbonyl (C=O) groups is 1. The molecule has 0 aliphatic heterocycles. The quantitative estimate of drug-likeness (QED) is 0.559. The van der Waals surface area contributed by atoms with Crippen molar-refractivity contribution in [3.8, 4) is 0 Å². The van der Waals surface area contributed by atoms with Crippen LogP contribution in [0, 0.1) is 6.92 Å². The number of rotatable bonds is 7. The van der Waals surface area contributed by atoms with Crippen molar-refractivity contribution in [2.24, 2.45) is 5.73 Å². The number of imidazole rings is 1. The van der Waals surface area contributed by atoms with Gasteiger partial charge in [0, 0.05) is 24.7 Å². The van der Waals surface area contributed by atoms with E-state index in [0.717, 1.165) is 16.8 Å². The maximum atomic E-state index is 12.3. The average Bonchev–Trinajstić information content (AvgIpc) is 3.15. The number of aromatic amines is 1. The topological polar surface area (TPSA) is 71.8 Å². The van der Waals surface area contributed by atoms with E-state index >= 15 is 0 Å². The predicted molar refractivity (Wildman–Crippen MR) is 120 cm³/mol. The van der Waals surface area contributed by atoms with Crippen LogP contribution in [0.4, 0.5) is 0 Å². The number of nitrogens with two attached hydrogens (primary N) is 1. The number of nitrogens with zero attached hydrogens (tertiary/aromatic N) is 1. The van der Waals surface area contributed by atoms with Gasteiger partial charge >= 0.3 is 0 Å². The zero-order valence-corrected chi connectivity index (χ0v) is 17.3. The molecule has 1 heterocycles. The fraction of sp³-hybridized carbons (Fsp3) is 0.182. The largest absolute Gasteiger partial charge is 0.348 e. The lowest BCUT2D eigenvalue weighted by atomic mass is 10.00. The summed E-state index contributed by atoms with van der Waals surface area (Å²) in [5.74, 6) is 0.0301. The fourth-order valence-electron chi connectivity index (χ4n) is 2.70. The Morgan fingerprint density at radius 2 is 1.61 bits per heavy atom. The second-order valence-corrected chi connectivity index (χ2v) is 6.52. The van der Waals surface area contributed by atoms with Gasteiger partial charge < -0.3 is 10.7 Å². The monoisotopic (exact) mass is 417 g/mol. The van der Waals surface area contributed by atoms with Gasteiger partial charge in [-0.1, -0.05) is 66.2 Å². The number of hydrogen-bond donors (Lipinski definition) is 2. The van der Waals surface area contributed by atoms with Crippen LogP contribution in [0.5, 0.6) is 0 Å². The van der Waals surface area contributed by atoms with Crippen LogP contribution in [-0.2, 0) is 17.6 Å². The van der Waals surface area contributed by atoms with E-state index in [-0.39, 0.29) is 30.6 Å². The molecule has 2 aromatic carbocycles. The number of benzene rings is 2. The van der Waals surface area contributed by atoms with Gasteiger partial charge in [-0.2, -0.15) is 0 Å². The van der Waals surface area contributed by atoms with Crippen molar-refractivity contribution < 1.29 is 4.79 Å². The summed E-state index contributed by atoms with van der Waals surface area (Å²) < 4.78 is 0. The Kier molecular flexibility index (Phi) is 9.66. The first-order valence-corrected chi connectivity index (χ1v) is 8.69. The van der Waals surface area contributed by atoms with Gasteiger partial charge in [0.15, 0.2) is 5.78 Å². The number of aryl methyl sites for hydroxylation is 1. The summed E-state index contributed by atoms with van der Waals surface area (Å²) in [6.07, 6.45) is 8.27. The Hall–Kier alpha value is -2.40. The normalized spacial score (nSPS) is 11.5. The molecule has 0 radical (unpaired) electrons. The molecule has 0 bridgehead atoms. The molecule has 6 heteroatoms. The summed E-state index contributed by atoms with van der Waals surface area (Å²) in [5, 5.41) is 0. The fourth-order valence-corrected chi connectivity index (χ4v) is 2.70. The summed E-state index contributed by atoms with van der Waals surface area (Å²) in [4.78, 5) is 19.2. The van der Waals surface area contributed by atoms with E-state index in [1.54, 1.807) is 12.5 Å². The first-order chi connectivity index (χ1) is 12.6. The number of Topliss-reactive ketones (excluding diaryl/α,β-unsaturated/α-hetero) is 1. The second kappa shape index (κ2) is 11.4. The predicted octanol–water partition coefficient (Wildman–Crippen LogP) is 4.41. The minimum atomic E-state index is -0.517. The third-order valence-corrected chi connectivity index (χ3v) is 4.31. The number of ketones is 1. The van der Waals surface area contributed by atoms with Gasteiger partial charge in [0.05, 0.1) is 12.4 Å². The van der Waals surface area contributed by atoms with Gasteiger partial charge in [-0.3, -0.25) is 4.79 Å². The van der Waals surface area contributed by atoms with E-state index in [4.69, 9.17) is 5.73 Å². The van der Waals surface area contributed by atoms with Gasteiger partial charge in [0.1, 0.15) is 0 Å². The van der Waals surface area contributed by atoms with Crippen LogP contribution in [0.15, 0.2) is 61.1 Å². The summed E-state index contributed by atoms with van der Waals surface area (Å²) in [7, 11) is 0. The lowest BCUT2D eigenvalue weighted by Crippen LogP contribution is -2.34. The molecule has 0 fully saturated rings. The van der Waals surface area contributed by atoms with Crippen LogP contribution in [0.1, 0.15) is 27.9 Å². The zero-order valence-electron chi connectivity index (χ0n) is 15.7. The van der Waals surface area contributed by atoms with E-state index in [1.165, 1.54) is 11.1 Å². The Balaban J connectivity index is 0.00000196. The molecule has 0 aliphatic rings. The highest BCUT2D eigenvalue weighted by Crippen LogP contribution is 2.12. The SMILES string of the molecule is Cc1ccc(/C=C/c2ccc(CC(=O)[C@@H](N)Cc3cnc[nH]3)cc2)cc1.Cl.Cl. The Bertz CT molecular complexity index is 873. The summed E-state index contributed by atoms with van der Waals surface area (Å²) in [6, 6.07) is 15.9. The molecule has 0 aliphatic carbocycles. The van der Waals surface area contributed by atoms with Gasteiger partial charge in [-0.15, -0.1) is 24.8 Å². The maximum absolute atomic E-state index is 12.3. The third kappa shape index (κ3) is 6.97. The number of aromatic nitrogens is 2. The summed E-state index contributed by atoms with van der Waals surface area (Å²) >= 11 is 0. The molecule has 1 atom stereocenters. The van der Waals surface area contributed by atoms with Gasteiger partial charge in [-0.25, -0.2) is 4.98 Å². The molecule has 3 N–H and O–H groups in total. The van der Waals surface area contributed by atoms with Crippen LogP contribution in [0.25, 0.3) is 12.2 Å². The van der Waals surface area contributed by atoms with Gasteiger partial charge in [0.25, 0.3) is 0 Å². The maximum Gasteiger partial charge on any atom is 0.154 e. The number of halogens is 2. The van der Waals surface area contributed by atoms with Crippen molar-refractivity contribution in [3.63, 3.8) is 0 Å². The molecule has 148 valence electrons. The highest BCUT2D eigenvalue weighted by atomic mass is 35.5. The Morgan fingerprint density at radius 1 is 1.04 bits per heavy atom. The Morgan fingerprint density at radius 3 is 2.14 bits per heavy atom. The molecule has 0 unspecified atom stereocenters. The minimum Gasteiger partial charge on any atom is -0.348 e. The number of H-pyrrole nitrogens is 1. The van der Waals surface area contributed by atoms with Crippen LogP contribution in [0.2, 0.25) is 0 Å². The number of hydrogen-bond acceptors (Lipinski definition) is 3.